The van der Waals surface area contributed by atoms with Gasteiger partial charge >= 0.3 is 0 Å². The molecule has 2 aromatic rings. The van der Waals surface area contributed by atoms with Crippen LogP contribution in [0.3, 0.4) is 0 Å². The monoisotopic (exact) mass is 255 g/mol. The maximum Gasteiger partial charge on any atom is 0.191 e. The highest BCUT2D eigenvalue weighted by atomic mass is 15.3. The Labute approximate surface area is 112 Å². The van der Waals surface area contributed by atoms with Gasteiger partial charge in [0, 0.05) is 19.3 Å². The molecule has 0 unspecified atom stereocenters. The summed E-state index contributed by atoms with van der Waals surface area (Å²) in [6.45, 7) is 2.57. The third-order valence-electron chi connectivity index (χ3n) is 3.00. The van der Waals surface area contributed by atoms with E-state index in [9.17, 15) is 0 Å². The fourth-order valence-electron chi connectivity index (χ4n) is 2.01. The molecule has 0 spiro atoms. The minimum Gasteiger partial charge on any atom is -0.356 e. The maximum atomic E-state index is 4.54. The lowest BCUT2D eigenvalue weighted by Crippen LogP contribution is -2.40. The Morgan fingerprint density at radius 2 is 2.11 bits per heavy atom. The van der Waals surface area contributed by atoms with Crippen molar-refractivity contribution in [3.05, 3.63) is 48.3 Å². The van der Waals surface area contributed by atoms with Gasteiger partial charge in [0.25, 0.3) is 0 Å². The number of benzene rings is 1. The Morgan fingerprint density at radius 1 is 1.21 bits per heavy atom. The van der Waals surface area contributed by atoms with Gasteiger partial charge in [-0.05, 0) is 24.6 Å². The van der Waals surface area contributed by atoms with Crippen LogP contribution in [0, 0.1) is 0 Å². The van der Waals surface area contributed by atoms with Crippen molar-refractivity contribution in [1.29, 1.82) is 0 Å². The average molecular weight is 255 g/mol. The number of hydrogen-bond acceptors (Lipinski definition) is 4. The van der Waals surface area contributed by atoms with E-state index < -0.39 is 0 Å². The number of para-hydroxylation sites is 1. The summed E-state index contributed by atoms with van der Waals surface area (Å²) < 4.78 is 1.88. The van der Waals surface area contributed by atoms with E-state index in [0.717, 1.165) is 36.9 Å². The number of guanidine groups is 1. The lowest BCUT2D eigenvalue weighted by molar-refractivity contribution is 0.695. The van der Waals surface area contributed by atoms with Gasteiger partial charge in [-0.2, -0.15) is 5.10 Å². The lowest BCUT2D eigenvalue weighted by atomic mass is 10.3. The van der Waals surface area contributed by atoms with Crippen LogP contribution in [-0.4, -0.2) is 28.8 Å². The number of aromatic nitrogens is 2. The van der Waals surface area contributed by atoms with E-state index in [1.54, 1.807) is 0 Å². The number of aliphatic imine (C=N–C) groups is 1. The van der Waals surface area contributed by atoms with Crippen LogP contribution in [0.2, 0.25) is 0 Å². The van der Waals surface area contributed by atoms with E-state index in [4.69, 9.17) is 0 Å². The summed E-state index contributed by atoms with van der Waals surface area (Å²) in [6, 6.07) is 12.1. The molecule has 0 amide bonds. The van der Waals surface area contributed by atoms with Gasteiger partial charge in [0.2, 0.25) is 0 Å². The zero-order valence-corrected chi connectivity index (χ0v) is 10.7. The summed E-state index contributed by atoms with van der Waals surface area (Å²) in [6.07, 6.45) is 3.08. The minimum absolute atomic E-state index is 0.686. The highest BCUT2D eigenvalue weighted by molar-refractivity contribution is 5.80. The second kappa shape index (κ2) is 5.56. The Kier molecular flexibility index (Phi) is 3.45. The van der Waals surface area contributed by atoms with Crippen LogP contribution in [0.5, 0.6) is 0 Å². The summed E-state index contributed by atoms with van der Waals surface area (Å²) >= 11 is 0. The van der Waals surface area contributed by atoms with Gasteiger partial charge in [0.05, 0.1) is 17.9 Å². The molecule has 2 N–H and O–H groups in total. The molecule has 19 heavy (non-hydrogen) atoms. The first kappa shape index (κ1) is 11.8. The first-order valence-electron chi connectivity index (χ1n) is 6.54. The van der Waals surface area contributed by atoms with Crippen molar-refractivity contribution in [2.45, 2.75) is 13.0 Å². The predicted molar refractivity (Wildman–Crippen MR) is 75.3 cm³/mol. The largest absolute Gasteiger partial charge is 0.356 e. The fraction of sp³-hybridized carbons (Fsp3) is 0.286. The molecule has 1 aromatic carbocycles. The van der Waals surface area contributed by atoms with Crippen LogP contribution in [0.1, 0.15) is 12.1 Å². The topological polar surface area (TPSA) is 54.2 Å². The molecule has 5 nitrogen and oxygen atoms in total. The second-order valence-electron chi connectivity index (χ2n) is 4.45. The van der Waals surface area contributed by atoms with Crippen molar-refractivity contribution < 1.29 is 0 Å². The Morgan fingerprint density at radius 3 is 2.89 bits per heavy atom. The van der Waals surface area contributed by atoms with Crippen molar-refractivity contribution in [3.8, 4) is 5.69 Å². The zero-order valence-electron chi connectivity index (χ0n) is 10.7. The molecule has 1 aliphatic rings. The molecule has 2 heterocycles. The second-order valence-corrected chi connectivity index (χ2v) is 4.45. The zero-order chi connectivity index (χ0) is 12.9. The molecule has 0 atom stereocenters. The molecular formula is C14H17N5. The summed E-state index contributed by atoms with van der Waals surface area (Å²) in [4.78, 5) is 4.37. The Balaban J connectivity index is 1.64. The van der Waals surface area contributed by atoms with Crippen LogP contribution in [0.15, 0.2) is 47.6 Å². The molecule has 0 fully saturated rings. The van der Waals surface area contributed by atoms with Gasteiger partial charge in [0.15, 0.2) is 5.96 Å². The first-order chi connectivity index (χ1) is 9.42. The molecule has 0 bridgehead atoms. The quantitative estimate of drug-likeness (QED) is 0.869. The third kappa shape index (κ3) is 2.93. The Hall–Kier alpha value is -2.30. The van der Waals surface area contributed by atoms with Crippen LogP contribution >= 0.6 is 0 Å². The van der Waals surface area contributed by atoms with E-state index in [-0.39, 0.29) is 0 Å². The van der Waals surface area contributed by atoms with E-state index in [0.29, 0.717) is 6.54 Å². The lowest BCUT2D eigenvalue weighted by Gasteiger charge is -2.15. The molecule has 5 heteroatoms. The molecule has 3 rings (SSSR count). The fourth-order valence-corrected chi connectivity index (χ4v) is 2.01. The van der Waals surface area contributed by atoms with Gasteiger partial charge in [-0.1, -0.05) is 18.2 Å². The van der Waals surface area contributed by atoms with E-state index in [1.165, 1.54) is 0 Å². The molecule has 0 aliphatic carbocycles. The average Bonchev–Trinajstić information content (AvgIpc) is 2.96. The molecule has 1 aromatic heterocycles. The van der Waals surface area contributed by atoms with E-state index in [2.05, 4.69) is 20.7 Å². The van der Waals surface area contributed by atoms with Crippen LogP contribution in [0.4, 0.5) is 0 Å². The van der Waals surface area contributed by atoms with Crippen molar-refractivity contribution in [2.24, 2.45) is 4.99 Å². The number of hydrogen-bond donors (Lipinski definition) is 2. The van der Waals surface area contributed by atoms with Crippen LogP contribution < -0.4 is 10.6 Å². The predicted octanol–water partition coefficient (Wildman–Crippen LogP) is 1.31. The molecule has 98 valence electrons. The van der Waals surface area contributed by atoms with Crippen LogP contribution in [0.25, 0.3) is 5.69 Å². The summed E-state index contributed by atoms with van der Waals surface area (Å²) in [5.41, 5.74) is 2.07. The van der Waals surface area contributed by atoms with Gasteiger partial charge in [-0.15, -0.1) is 0 Å². The first-order valence-corrected chi connectivity index (χ1v) is 6.54. The number of nitrogens with one attached hydrogen (secondary N) is 2. The number of nitrogens with zero attached hydrogens (tertiary/aromatic N) is 3. The maximum absolute atomic E-state index is 4.54. The van der Waals surface area contributed by atoms with Crippen molar-refractivity contribution in [2.75, 3.05) is 13.1 Å². The number of rotatable bonds is 3. The van der Waals surface area contributed by atoms with Crippen LogP contribution in [-0.2, 0) is 6.54 Å². The van der Waals surface area contributed by atoms with Crippen molar-refractivity contribution >= 4 is 5.96 Å². The van der Waals surface area contributed by atoms with Gasteiger partial charge in [-0.3, -0.25) is 4.99 Å². The SMILES string of the molecule is c1ccc(-n2ccc(CNC3=NCCCN3)n2)cc1. The summed E-state index contributed by atoms with van der Waals surface area (Å²) in [5, 5.41) is 11.0. The normalized spacial score (nSPS) is 14.6. The van der Waals surface area contributed by atoms with Gasteiger partial charge < -0.3 is 10.6 Å². The molecule has 0 radical (unpaired) electrons. The minimum atomic E-state index is 0.686. The standard InChI is InChI=1S/C14H17N5/c1-2-5-13(6-3-1)19-10-7-12(18-19)11-17-14-15-8-4-9-16-14/h1-3,5-7,10H,4,8-9,11H2,(H2,15,16,17). The highest BCUT2D eigenvalue weighted by Gasteiger charge is 2.05. The van der Waals surface area contributed by atoms with Crippen molar-refractivity contribution in [3.63, 3.8) is 0 Å². The highest BCUT2D eigenvalue weighted by Crippen LogP contribution is 2.06. The van der Waals surface area contributed by atoms with Gasteiger partial charge in [0.1, 0.15) is 0 Å². The molecule has 0 saturated heterocycles. The Bertz CT molecular complexity index is 558. The smallest absolute Gasteiger partial charge is 0.191 e. The third-order valence-corrected chi connectivity index (χ3v) is 3.00. The van der Waals surface area contributed by atoms with Crippen molar-refractivity contribution in [1.82, 2.24) is 20.4 Å². The summed E-state index contributed by atoms with van der Waals surface area (Å²) in [7, 11) is 0. The molecular weight excluding hydrogens is 238 g/mol. The molecule has 1 aliphatic heterocycles. The van der Waals surface area contributed by atoms with E-state index >= 15 is 0 Å². The van der Waals surface area contributed by atoms with Gasteiger partial charge in [-0.25, -0.2) is 4.68 Å². The summed E-state index contributed by atoms with van der Waals surface area (Å²) in [5.74, 6) is 0.875. The molecule has 0 saturated carbocycles. The van der Waals surface area contributed by atoms with E-state index in [1.807, 2.05) is 47.3 Å².